The molecule has 0 amide bonds. The van der Waals surface area contributed by atoms with Gasteiger partial charge in [-0.1, -0.05) is 13.8 Å². The molecule has 0 N–H and O–H groups in total. The van der Waals surface area contributed by atoms with Crippen LogP contribution in [-0.4, -0.2) is 6.98 Å². The smallest absolute Gasteiger partial charge is 0.445 e. The van der Waals surface area contributed by atoms with Crippen molar-refractivity contribution in [2.45, 2.75) is 20.3 Å². The standard InChI is InChI=1S/C6H11BF3.K/c1-6(2)4-3-5-7(8,9)10;/h3,5-6H,4H2,1-2H3;/q-1;+1. The molecule has 0 aromatic heterocycles. The first-order chi connectivity index (χ1) is 4.42. The van der Waals surface area contributed by atoms with E-state index in [1.165, 1.54) is 6.08 Å². The number of hydrogen-bond donors (Lipinski definition) is 0. The molecule has 5 heteroatoms. The molecule has 0 spiro atoms. The van der Waals surface area contributed by atoms with Crippen LogP contribution >= 0.6 is 0 Å². The van der Waals surface area contributed by atoms with Crippen molar-refractivity contribution in [3.8, 4) is 0 Å². The normalized spacial score (nSPS) is 12.2. The van der Waals surface area contributed by atoms with Gasteiger partial charge in [0.1, 0.15) is 0 Å². The molecule has 0 aromatic carbocycles. The van der Waals surface area contributed by atoms with Gasteiger partial charge in [-0.05, 0) is 12.3 Å². The molecule has 60 valence electrons. The molecule has 0 saturated carbocycles. The molecule has 0 bridgehead atoms. The van der Waals surface area contributed by atoms with Gasteiger partial charge in [0.25, 0.3) is 0 Å². The zero-order valence-electron chi connectivity index (χ0n) is 7.15. The molecule has 0 unspecified atom stereocenters. The fourth-order valence-corrected chi connectivity index (χ4v) is 0.505. The molecule has 11 heavy (non-hydrogen) atoms. The summed E-state index contributed by atoms with van der Waals surface area (Å²) in [6, 6.07) is 0. The molecular formula is C6H11BF3K. The Labute approximate surface area is 108 Å². The van der Waals surface area contributed by atoms with E-state index in [-0.39, 0.29) is 51.4 Å². The zero-order valence-corrected chi connectivity index (χ0v) is 10.3. The third-order valence-electron chi connectivity index (χ3n) is 0.962. The molecule has 0 saturated heterocycles. The van der Waals surface area contributed by atoms with Crippen molar-refractivity contribution in [3.63, 3.8) is 0 Å². The van der Waals surface area contributed by atoms with Crippen molar-refractivity contribution in [3.05, 3.63) is 12.1 Å². The van der Waals surface area contributed by atoms with Crippen LogP contribution in [-0.2, 0) is 0 Å². The van der Waals surface area contributed by atoms with Gasteiger partial charge in [0, 0.05) is 0 Å². The van der Waals surface area contributed by atoms with Crippen LogP contribution in [0.25, 0.3) is 0 Å². The first-order valence-corrected chi connectivity index (χ1v) is 3.29. The minimum atomic E-state index is -4.71. The van der Waals surface area contributed by atoms with E-state index < -0.39 is 6.98 Å². The summed E-state index contributed by atoms with van der Waals surface area (Å²) in [4.78, 5) is 0. The summed E-state index contributed by atoms with van der Waals surface area (Å²) >= 11 is 0. The third kappa shape index (κ3) is 14.1. The Kier molecular flexibility index (Phi) is 9.00. The monoisotopic (exact) mass is 190 g/mol. The summed E-state index contributed by atoms with van der Waals surface area (Å²) in [6.45, 7) is -0.946. The van der Waals surface area contributed by atoms with Crippen LogP contribution in [0.2, 0.25) is 0 Å². The van der Waals surface area contributed by atoms with Gasteiger partial charge in [0.2, 0.25) is 0 Å². The number of rotatable bonds is 3. The molecule has 0 aliphatic carbocycles. The molecule has 0 aliphatic rings. The molecule has 0 aromatic rings. The van der Waals surface area contributed by atoms with Crippen molar-refractivity contribution in [1.82, 2.24) is 0 Å². The van der Waals surface area contributed by atoms with Crippen molar-refractivity contribution in [2.75, 3.05) is 0 Å². The van der Waals surface area contributed by atoms with Gasteiger partial charge in [-0.15, -0.1) is 12.1 Å². The van der Waals surface area contributed by atoms with Gasteiger partial charge < -0.3 is 12.9 Å². The van der Waals surface area contributed by atoms with Gasteiger partial charge >= 0.3 is 58.4 Å². The predicted molar refractivity (Wildman–Crippen MR) is 37.7 cm³/mol. The summed E-state index contributed by atoms with van der Waals surface area (Å²) < 4.78 is 34.4. The molecule has 0 radical (unpaired) electrons. The number of halogens is 3. The van der Waals surface area contributed by atoms with E-state index in [0.29, 0.717) is 18.3 Å². The SMILES string of the molecule is CC(C)CC=C[B-](F)(F)F.[K+]. The van der Waals surface area contributed by atoms with E-state index in [1.54, 1.807) is 0 Å². The van der Waals surface area contributed by atoms with Crippen LogP contribution in [0, 0.1) is 5.92 Å². The van der Waals surface area contributed by atoms with Gasteiger partial charge in [0.05, 0.1) is 0 Å². The molecule has 0 atom stereocenters. The number of hydrogen-bond acceptors (Lipinski definition) is 0. The second kappa shape index (κ2) is 6.72. The quantitative estimate of drug-likeness (QED) is 0.548. The van der Waals surface area contributed by atoms with Gasteiger partial charge in [-0.2, -0.15) is 0 Å². The van der Waals surface area contributed by atoms with E-state index in [2.05, 4.69) is 0 Å². The van der Waals surface area contributed by atoms with Gasteiger partial charge in [-0.3, -0.25) is 0 Å². The topological polar surface area (TPSA) is 0 Å². The molecule has 0 aliphatic heterocycles. The van der Waals surface area contributed by atoms with Crippen molar-refractivity contribution in [2.24, 2.45) is 5.92 Å². The first-order valence-electron chi connectivity index (χ1n) is 3.29. The summed E-state index contributed by atoms with van der Waals surface area (Å²) in [5, 5.41) is 0. The molecule has 0 rings (SSSR count). The largest absolute Gasteiger partial charge is 1.00 e. The molecule has 0 heterocycles. The maximum absolute atomic E-state index is 11.5. The Morgan fingerprint density at radius 1 is 1.27 bits per heavy atom. The average molecular weight is 190 g/mol. The summed E-state index contributed by atoms with van der Waals surface area (Å²) in [5.74, 6) is 0.648. The van der Waals surface area contributed by atoms with Gasteiger partial charge in [0.15, 0.2) is 0 Å². The minimum Gasteiger partial charge on any atom is -0.445 e. The molecule has 0 fully saturated rings. The van der Waals surface area contributed by atoms with E-state index in [4.69, 9.17) is 0 Å². The summed E-state index contributed by atoms with van der Waals surface area (Å²) in [5.41, 5.74) is 0. The van der Waals surface area contributed by atoms with Gasteiger partial charge in [-0.25, -0.2) is 0 Å². The van der Waals surface area contributed by atoms with Crippen LogP contribution in [0.3, 0.4) is 0 Å². The van der Waals surface area contributed by atoms with Crippen LogP contribution in [0.15, 0.2) is 12.1 Å². The van der Waals surface area contributed by atoms with Crippen LogP contribution < -0.4 is 51.4 Å². The van der Waals surface area contributed by atoms with E-state index in [9.17, 15) is 12.9 Å². The van der Waals surface area contributed by atoms with Crippen LogP contribution in [0.4, 0.5) is 12.9 Å². The first kappa shape index (κ1) is 14.7. The van der Waals surface area contributed by atoms with Crippen LogP contribution in [0.1, 0.15) is 20.3 Å². The fourth-order valence-electron chi connectivity index (χ4n) is 0.505. The second-order valence-corrected chi connectivity index (χ2v) is 2.68. The third-order valence-corrected chi connectivity index (χ3v) is 0.962. The number of allylic oxidation sites excluding steroid dienone is 1. The van der Waals surface area contributed by atoms with E-state index >= 15 is 0 Å². The second-order valence-electron chi connectivity index (χ2n) is 2.68. The van der Waals surface area contributed by atoms with Crippen molar-refractivity contribution >= 4 is 6.98 Å². The van der Waals surface area contributed by atoms with Crippen LogP contribution in [0.5, 0.6) is 0 Å². The van der Waals surface area contributed by atoms with Crippen molar-refractivity contribution in [1.29, 1.82) is 0 Å². The maximum atomic E-state index is 11.5. The van der Waals surface area contributed by atoms with Crippen molar-refractivity contribution < 1.29 is 64.3 Å². The Balaban J connectivity index is 0. The zero-order chi connectivity index (χ0) is 8.20. The fraction of sp³-hybridized carbons (Fsp3) is 0.667. The summed E-state index contributed by atoms with van der Waals surface area (Å²) in [7, 11) is 0. The van der Waals surface area contributed by atoms with E-state index in [1.807, 2.05) is 13.8 Å². The Hall–Kier alpha value is 1.23. The minimum absolute atomic E-state index is 0. The molecule has 0 nitrogen and oxygen atoms in total. The Bertz CT molecular complexity index is 119. The maximum Gasteiger partial charge on any atom is 1.00 e. The predicted octanol–water partition coefficient (Wildman–Crippen LogP) is -0.0207. The molecular weight excluding hydrogens is 179 g/mol. The Morgan fingerprint density at radius 2 is 1.73 bits per heavy atom. The Morgan fingerprint density at radius 3 is 2.00 bits per heavy atom. The van der Waals surface area contributed by atoms with E-state index in [0.717, 1.165) is 0 Å². The average Bonchev–Trinajstić information content (AvgIpc) is 1.59. The summed E-state index contributed by atoms with van der Waals surface area (Å²) in [6.07, 6.45) is 1.69.